The van der Waals surface area contributed by atoms with Gasteiger partial charge < -0.3 is 20.7 Å². The normalized spacial score (nSPS) is 12.2. The Morgan fingerprint density at radius 2 is 1.52 bits per heavy atom. The van der Waals surface area contributed by atoms with Gasteiger partial charge in [0.1, 0.15) is 5.60 Å². The van der Waals surface area contributed by atoms with Crippen LogP contribution >= 0.6 is 0 Å². The number of para-hydroxylation sites is 2. The lowest BCUT2D eigenvalue weighted by atomic mass is 9.87. The number of alkyl carbamates (subject to hydrolysis) is 1. The highest BCUT2D eigenvalue weighted by molar-refractivity contribution is 6.04. The van der Waals surface area contributed by atoms with Gasteiger partial charge in [0, 0.05) is 19.0 Å². The molecule has 0 saturated heterocycles. The van der Waals surface area contributed by atoms with Crippen LogP contribution in [0.5, 0.6) is 0 Å². The number of ether oxygens (including phenoxy) is 1. The molecule has 0 heterocycles. The predicted molar refractivity (Wildman–Crippen MR) is 116 cm³/mol. The lowest BCUT2D eigenvalue weighted by Crippen LogP contribution is -2.34. The third-order valence-electron chi connectivity index (χ3n) is 4.01. The average molecular weight is 404 g/mol. The van der Waals surface area contributed by atoms with Crippen LogP contribution in [0.2, 0.25) is 0 Å². The van der Waals surface area contributed by atoms with Crippen molar-refractivity contribution in [1.82, 2.24) is 5.32 Å². The van der Waals surface area contributed by atoms with Crippen molar-refractivity contribution >= 4 is 29.3 Å². The zero-order valence-corrected chi connectivity index (χ0v) is 18.4. The van der Waals surface area contributed by atoms with E-state index in [-0.39, 0.29) is 30.2 Å². The molecule has 0 aliphatic rings. The zero-order chi connectivity index (χ0) is 22.2. The number of carbonyl (C=O) groups excluding carboxylic acids is 3. The van der Waals surface area contributed by atoms with Crippen molar-refractivity contribution in [2.75, 3.05) is 17.2 Å². The van der Waals surface area contributed by atoms with Crippen LogP contribution in [0.1, 0.15) is 54.9 Å². The minimum Gasteiger partial charge on any atom is -0.444 e. The fraction of sp³-hybridized carbons (Fsp3) is 0.500. The average Bonchev–Trinajstić information content (AvgIpc) is 2.54. The van der Waals surface area contributed by atoms with Gasteiger partial charge in [-0.05, 0) is 45.2 Å². The summed E-state index contributed by atoms with van der Waals surface area (Å²) in [4.78, 5) is 36.1. The molecule has 1 rings (SSSR count). The quantitative estimate of drug-likeness (QED) is 0.611. The number of anilines is 2. The topological polar surface area (TPSA) is 96.5 Å². The molecular formula is C22H33N3O4. The van der Waals surface area contributed by atoms with E-state index < -0.39 is 11.7 Å². The highest BCUT2D eigenvalue weighted by atomic mass is 16.6. The lowest BCUT2D eigenvalue weighted by molar-refractivity contribution is -0.116. The Morgan fingerprint density at radius 3 is 2.03 bits per heavy atom. The molecule has 0 aliphatic carbocycles. The summed E-state index contributed by atoms with van der Waals surface area (Å²) in [7, 11) is 0. The predicted octanol–water partition coefficient (Wildman–Crippen LogP) is 4.47. The molecule has 0 unspecified atom stereocenters. The molecule has 7 heteroatoms. The highest BCUT2D eigenvalue weighted by Crippen LogP contribution is 2.25. The minimum atomic E-state index is -0.594. The van der Waals surface area contributed by atoms with E-state index in [1.807, 2.05) is 27.7 Å². The van der Waals surface area contributed by atoms with Crippen LogP contribution in [-0.2, 0) is 14.3 Å². The molecule has 0 saturated carbocycles. The van der Waals surface area contributed by atoms with Crippen molar-refractivity contribution in [3.8, 4) is 0 Å². The molecule has 0 aromatic heterocycles. The molecule has 0 atom stereocenters. The summed E-state index contributed by atoms with van der Waals surface area (Å²) in [6.07, 6.45) is 1.06. The lowest BCUT2D eigenvalue weighted by Gasteiger charge is -2.19. The first-order valence-electron chi connectivity index (χ1n) is 9.63. The summed E-state index contributed by atoms with van der Waals surface area (Å²) < 4.78 is 5.12. The second-order valence-corrected chi connectivity index (χ2v) is 8.84. The van der Waals surface area contributed by atoms with Gasteiger partial charge in [-0.3, -0.25) is 9.59 Å². The monoisotopic (exact) mass is 403 g/mol. The maximum Gasteiger partial charge on any atom is 0.407 e. The number of rotatable bonds is 6. The largest absolute Gasteiger partial charge is 0.444 e. The summed E-state index contributed by atoms with van der Waals surface area (Å²) in [5.74, 6) is -0.546. The molecule has 3 amide bonds. The summed E-state index contributed by atoms with van der Waals surface area (Å²) in [5, 5.41) is 8.09. The number of hydrogen-bond acceptors (Lipinski definition) is 4. The molecule has 3 N–H and O–H groups in total. The standard InChI is InChI=1S/C22H33N3O4/c1-15(21(2,3)4)14-19(27)25-17-11-9-8-10-16(17)24-18(26)12-13-23-20(28)29-22(5,6)7/h8-11,14H,12-13H2,1-7H3,(H,23,28)(H,24,26)(H,25,27)/b15-14+. The van der Waals surface area contributed by atoms with Gasteiger partial charge in [0.05, 0.1) is 11.4 Å². The molecule has 0 aliphatic heterocycles. The summed E-state index contributed by atoms with van der Waals surface area (Å²) >= 11 is 0. The number of carbonyl (C=O) groups is 3. The number of nitrogens with one attached hydrogen (secondary N) is 3. The van der Waals surface area contributed by atoms with Crippen LogP contribution in [0, 0.1) is 5.41 Å². The summed E-state index contributed by atoms with van der Waals surface area (Å²) in [5.41, 5.74) is 1.24. The van der Waals surface area contributed by atoms with Gasteiger partial charge in [-0.2, -0.15) is 0 Å². The zero-order valence-electron chi connectivity index (χ0n) is 18.4. The first kappa shape index (κ1) is 24.2. The van der Waals surface area contributed by atoms with E-state index in [4.69, 9.17) is 4.74 Å². The van der Waals surface area contributed by atoms with E-state index in [1.165, 1.54) is 0 Å². The van der Waals surface area contributed by atoms with Gasteiger partial charge >= 0.3 is 6.09 Å². The van der Waals surface area contributed by atoms with Crippen molar-refractivity contribution in [3.05, 3.63) is 35.9 Å². The molecule has 0 fully saturated rings. The number of amides is 3. The number of benzene rings is 1. The molecule has 29 heavy (non-hydrogen) atoms. The third kappa shape index (κ3) is 9.78. The highest BCUT2D eigenvalue weighted by Gasteiger charge is 2.17. The van der Waals surface area contributed by atoms with E-state index in [2.05, 4.69) is 16.0 Å². The van der Waals surface area contributed by atoms with Crippen molar-refractivity contribution in [2.24, 2.45) is 5.41 Å². The Morgan fingerprint density at radius 1 is 0.966 bits per heavy atom. The van der Waals surface area contributed by atoms with Crippen LogP contribution in [-0.4, -0.2) is 30.1 Å². The fourth-order valence-electron chi connectivity index (χ4n) is 2.09. The van der Waals surface area contributed by atoms with Crippen LogP contribution in [0.4, 0.5) is 16.2 Å². The maximum absolute atomic E-state index is 12.3. The SMILES string of the molecule is C/C(=C\C(=O)Nc1ccccc1NC(=O)CCNC(=O)OC(C)(C)C)C(C)(C)C. The van der Waals surface area contributed by atoms with Gasteiger partial charge in [-0.15, -0.1) is 0 Å². The van der Waals surface area contributed by atoms with E-state index in [1.54, 1.807) is 51.1 Å². The van der Waals surface area contributed by atoms with Crippen molar-refractivity contribution < 1.29 is 19.1 Å². The Labute approximate surface area is 173 Å². The Hall–Kier alpha value is -2.83. The van der Waals surface area contributed by atoms with E-state index in [9.17, 15) is 14.4 Å². The summed E-state index contributed by atoms with van der Waals surface area (Å²) in [6.45, 7) is 13.4. The molecule has 1 aromatic rings. The van der Waals surface area contributed by atoms with E-state index >= 15 is 0 Å². The molecule has 0 bridgehead atoms. The molecule has 1 aromatic carbocycles. The van der Waals surface area contributed by atoms with Crippen molar-refractivity contribution in [1.29, 1.82) is 0 Å². The summed E-state index contributed by atoms with van der Waals surface area (Å²) in [6, 6.07) is 6.96. The molecule has 7 nitrogen and oxygen atoms in total. The number of allylic oxidation sites excluding steroid dienone is 1. The third-order valence-corrected chi connectivity index (χ3v) is 4.01. The second kappa shape index (κ2) is 10.1. The minimum absolute atomic E-state index is 0.0740. The van der Waals surface area contributed by atoms with Crippen LogP contribution in [0.3, 0.4) is 0 Å². The smallest absolute Gasteiger partial charge is 0.407 e. The van der Waals surface area contributed by atoms with Gasteiger partial charge in [-0.1, -0.05) is 38.5 Å². The molecular weight excluding hydrogens is 370 g/mol. The fourth-order valence-corrected chi connectivity index (χ4v) is 2.09. The van der Waals surface area contributed by atoms with Gasteiger partial charge in [0.15, 0.2) is 0 Å². The molecule has 0 radical (unpaired) electrons. The van der Waals surface area contributed by atoms with Crippen LogP contribution in [0.15, 0.2) is 35.9 Å². The Balaban J connectivity index is 2.64. The van der Waals surface area contributed by atoms with Gasteiger partial charge in [0.25, 0.3) is 0 Å². The van der Waals surface area contributed by atoms with Gasteiger partial charge in [0.2, 0.25) is 11.8 Å². The second-order valence-electron chi connectivity index (χ2n) is 8.84. The first-order valence-corrected chi connectivity index (χ1v) is 9.63. The van der Waals surface area contributed by atoms with Crippen LogP contribution < -0.4 is 16.0 Å². The Bertz CT molecular complexity index is 771. The maximum atomic E-state index is 12.3. The number of hydrogen-bond donors (Lipinski definition) is 3. The Kier molecular flexibility index (Phi) is 8.42. The first-order chi connectivity index (χ1) is 13.3. The molecule has 160 valence electrons. The van der Waals surface area contributed by atoms with Crippen molar-refractivity contribution in [2.45, 2.75) is 60.5 Å². The van der Waals surface area contributed by atoms with Gasteiger partial charge in [-0.25, -0.2) is 4.79 Å². The molecule has 0 spiro atoms. The van der Waals surface area contributed by atoms with E-state index in [0.29, 0.717) is 11.4 Å². The van der Waals surface area contributed by atoms with E-state index in [0.717, 1.165) is 5.57 Å². The van der Waals surface area contributed by atoms with Crippen LogP contribution in [0.25, 0.3) is 0 Å². The van der Waals surface area contributed by atoms with Crippen molar-refractivity contribution in [3.63, 3.8) is 0 Å².